The molecule has 3 aromatic rings. The molecule has 1 aromatic heterocycles. The van der Waals surface area contributed by atoms with Gasteiger partial charge in [-0.05, 0) is 37.5 Å². The molecule has 1 N–H and O–H groups in total. The van der Waals surface area contributed by atoms with E-state index in [4.69, 9.17) is 4.52 Å². The lowest BCUT2D eigenvalue weighted by molar-refractivity contribution is -0.122. The van der Waals surface area contributed by atoms with E-state index < -0.39 is 22.0 Å². The number of benzene rings is 2. The summed E-state index contributed by atoms with van der Waals surface area (Å²) < 4.78 is 31.7. The summed E-state index contributed by atoms with van der Waals surface area (Å²) in [6.45, 7) is 5.47. The number of hydrogen-bond acceptors (Lipinski definition) is 6. The van der Waals surface area contributed by atoms with Gasteiger partial charge in [-0.25, -0.2) is 8.42 Å². The van der Waals surface area contributed by atoms with Crippen molar-refractivity contribution in [1.82, 2.24) is 15.5 Å². The van der Waals surface area contributed by atoms with Gasteiger partial charge in [0.05, 0.1) is 18.5 Å². The summed E-state index contributed by atoms with van der Waals surface area (Å²) >= 11 is 0. The van der Waals surface area contributed by atoms with Crippen molar-refractivity contribution in [2.24, 2.45) is 0 Å². The van der Waals surface area contributed by atoms with Gasteiger partial charge in [-0.1, -0.05) is 54.5 Å². The first-order chi connectivity index (χ1) is 14.7. The van der Waals surface area contributed by atoms with E-state index in [-0.39, 0.29) is 12.4 Å². The number of anilines is 1. The smallest absolute Gasteiger partial charge is 0.246 e. The summed E-state index contributed by atoms with van der Waals surface area (Å²) in [5, 5.41) is 6.66. The number of sulfonamides is 1. The highest BCUT2D eigenvalue weighted by Crippen LogP contribution is 2.27. The number of amides is 1. The monoisotopic (exact) mass is 442 g/mol. The Kier molecular flexibility index (Phi) is 6.74. The standard InChI is InChI=1S/C22H26N4O4S/c1-5-18(26(31(4,28)29)19-13-15(2)11-12-16(19)3)22(27)23-14-20-24-21(25-30-20)17-9-7-6-8-10-17/h6-13,18H,5,14H2,1-4H3,(H,23,27)/t18-/m0/s1. The van der Waals surface area contributed by atoms with Crippen LogP contribution in [-0.2, 0) is 21.4 Å². The van der Waals surface area contributed by atoms with Crippen LogP contribution in [0.3, 0.4) is 0 Å². The van der Waals surface area contributed by atoms with E-state index in [2.05, 4.69) is 15.5 Å². The SMILES string of the molecule is CC[C@@H](C(=O)NCc1nc(-c2ccccc2)no1)N(c1cc(C)ccc1C)S(C)(=O)=O. The molecule has 0 fully saturated rings. The molecule has 0 radical (unpaired) electrons. The average molecular weight is 443 g/mol. The Morgan fingerprint density at radius 2 is 1.87 bits per heavy atom. The first-order valence-electron chi connectivity index (χ1n) is 9.93. The van der Waals surface area contributed by atoms with E-state index in [1.165, 1.54) is 4.31 Å². The maximum absolute atomic E-state index is 13.0. The van der Waals surface area contributed by atoms with Crippen LogP contribution in [0.4, 0.5) is 5.69 Å². The Morgan fingerprint density at radius 1 is 1.16 bits per heavy atom. The molecule has 2 aromatic carbocycles. The van der Waals surface area contributed by atoms with Crippen LogP contribution in [0.2, 0.25) is 0 Å². The van der Waals surface area contributed by atoms with E-state index in [0.717, 1.165) is 22.9 Å². The van der Waals surface area contributed by atoms with Crippen LogP contribution in [0.15, 0.2) is 53.1 Å². The zero-order valence-electron chi connectivity index (χ0n) is 18.0. The molecule has 0 aliphatic rings. The molecule has 164 valence electrons. The minimum absolute atomic E-state index is 0.000428. The van der Waals surface area contributed by atoms with Crippen LogP contribution in [0, 0.1) is 13.8 Å². The number of nitrogens with zero attached hydrogens (tertiary/aromatic N) is 3. The molecule has 1 heterocycles. The van der Waals surface area contributed by atoms with Gasteiger partial charge in [0.2, 0.25) is 27.6 Å². The molecule has 0 aliphatic heterocycles. The normalized spacial score (nSPS) is 12.4. The van der Waals surface area contributed by atoms with Crippen molar-refractivity contribution in [3.05, 3.63) is 65.5 Å². The van der Waals surface area contributed by atoms with Gasteiger partial charge >= 0.3 is 0 Å². The van der Waals surface area contributed by atoms with E-state index in [0.29, 0.717) is 17.9 Å². The van der Waals surface area contributed by atoms with Crippen LogP contribution >= 0.6 is 0 Å². The Morgan fingerprint density at radius 3 is 2.52 bits per heavy atom. The summed E-state index contributed by atoms with van der Waals surface area (Å²) in [7, 11) is -3.71. The Hall–Kier alpha value is -3.20. The fraction of sp³-hybridized carbons (Fsp3) is 0.318. The van der Waals surface area contributed by atoms with Crippen LogP contribution in [0.5, 0.6) is 0 Å². The van der Waals surface area contributed by atoms with Crippen LogP contribution < -0.4 is 9.62 Å². The van der Waals surface area contributed by atoms with Gasteiger partial charge in [0.1, 0.15) is 6.04 Å². The maximum atomic E-state index is 13.0. The lowest BCUT2D eigenvalue weighted by Gasteiger charge is -2.31. The van der Waals surface area contributed by atoms with Gasteiger partial charge in [-0.3, -0.25) is 9.10 Å². The predicted octanol–water partition coefficient (Wildman–Crippen LogP) is 3.21. The third-order valence-corrected chi connectivity index (χ3v) is 6.01. The summed E-state index contributed by atoms with van der Waals surface area (Å²) in [4.78, 5) is 17.3. The molecule has 0 bridgehead atoms. The fourth-order valence-electron chi connectivity index (χ4n) is 3.30. The molecular formula is C22H26N4O4S. The molecule has 8 nitrogen and oxygen atoms in total. The summed E-state index contributed by atoms with van der Waals surface area (Å²) in [6, 6.07) is 13.9. The van der Waals surface area contributed by atoms with Crippen molar-refractivity contribution < 1.29 is 17.7 Å². The molecule has 1 amide bonds. The Bertz CT molecular complexity index is 1160. The van der Waals surface area contributed by atoms with Gasteiger partial charge < -0.3 is 9.84 Å². The van der Waals surface area contributed by atoms with Crippen molar-refractivity contribution in [2.75, 3.05) is 10.6 Å². The molecule has 1 atom stereocenters. The number of aryl methyl sites for hydroxylation is 2. The highest BCUT2D eigenvalue weighted by Gasteiger charge is 2.32. The second kappa shape index (κ2) is 9.30. The van der Waals surface area contributed by atoms with Crippen LogP contribution in [0.1, 0.15) is 30.4 Å². The van der Waals surface area contributed by atoms with Crippen molar-refractivity contribution in [3.63, 3.8) is 0 Å². The molecule has 0 aliphatic carbocycles. The van der Waals surface area contributed by atoms with Crippen molar-refractivity contribution in [2.45, 2.75) is 39.8 Å². The average Bonchev–Trinajstić information content (AvgIpc) is 3.21. The minimum Gasteiger partial charge on any atom is -0.345 e. The van der Waals surface area contributed by atoms with E-state index in [1.807, 2.05) is 56.3 Å². The summed E-state index contributed by atoms with van der Waals surface area (Å²) in [5.41, 5.74) is 2.97. The molecule has 0 saturated heterocycles. The van der Waals surface area contributed by atoms with Crippen molar-refractivity contribution >= 4 is 21.6 Å². The fourth-order valence-corrected chi connectivity index (χ4v) is 4.56. The Labute approximate surface area is 182 Å². The van der Waals surface area contributed by atoms with Crippen LogP contribution in [-0.4, -0.2) is 36.8 Å². The second-order valence-corrected chi connectivity index (χ2v) is 9.23. The molecule has 0 spiro atoms. The molecule has 0 saturated carbocycles. The Balaban J connectivity index is 1.80. The van der Waals surface area contributed by atoms with Crippen molar-refractivity contribution in [3.8, 4) is 11.4 Å². The predicted molar refractivity (Wildman–Crippen MR) is 119 cm³/mol. The topological polar surface area (TPSA) is 105 Å². The third-order valence-electron chi connectivity index (χ3n) is 4.85. The molecule has 3 rings (SSSR count). The van der Waals surface area contributed by atoms with Crippen LogP contribution in [0.25, 0.3) is 11.4 Å². The number of carbonyl (C=O) groups excluding carboxylic acids is 1. The van der Waals surface area contributed by atoms with E-state index in [1.54, 1.807) is 13.0 Å². The summed E-state index contributed by atoms with van der Waals surface area (Å²) in [5.74, 6) is 0.220. The number of nitrogens with one attached hydrogen (secondary N) is 1. The molecule has 9 heteroatoms. The van der Waals surface area contributed by atoms with Gasteiger partial charge in [-0.15, -0.1) is 0 Å². The minimum atomic E-state index is -3.71. The van der Waals surface area contributed by atoms with E-state index in [9.17, 15) is 13.2 Å². The zero-order chi connectivity index (χ0) is 22.6. The first kappa shape index (κ1) is 22.5. The third kappa shape index (κ3) is 5.29. The first-order valence-corrected chi connectivity index (χ1v) is 11.8. The van der Waals surface area contributed by atoms with E-state index >= 15 is 0 Å². The van der Waals surface area contributed by atoms with Gasteiger partial charge in [0, 0.05) is 5.56 Å². The zero-order valence-corrected chi connectivity index (χ0v) is 18.8. The molecule has 31 heavy (non-hydrogen) atoms. The molecular weight excluding hydrogens is 416 g/mol. The summed E-state index contributed by atoms with van der Waals surface area (Å²) in [6.07, 6.45) is 1.40. The highest BCUT2D eigenvalue weighted by molar-refractivity contribution is 7.92. The van der Waals surface area contributed by atoms with Gasteiger partial charge in [-0.2, -0.15) is 4.98 Å². The second-order valence-electron chi connectivity index (χ2n) is 7.37. The number of rotatable bonds is 8. The van der Waals surface area contributed by atoms with Gasteiger partial charge in [0.15, 0.2) is 0 Å². The highest BCUT2D eigenvalue weighted by atomic mass is 32.2. The number of aromatic nitrogens is 2. The largest absolute Gasteiger partial charge is 0.345 e. The molecule has 0 unspecified atom stereocenters. The lowest BCUT2D eigenvalue weighted by atomic mass is 10.1. The van der Waals surface area contributed by atoms with Crippen molar-refractivity contribution in [1.29, 1.82) is 0 Å². The maximum Gasteiger partial charge on any atom is 0.246 e. The quantitative estimate of drug-likeness (QED) is 0.574. The number of hydrogen-bond donors (Lipinski definition) is 1. The number of carbonyl (C=O) groups is 1. The van der Waals surface area contributed by atoms with Gasteiger partial charge in [0.25, 0.3) is 0 Å². The lowest BCUT2D eigenvalue weighted by Crippen LogP contribution is -2.49.